The van der Waals surface area contributed by atoms with E-state index in [-0.39, 0.29) is 24.1 Å². The third-order valence-electron chi connectivity index (χ3n) is 3.13. The number of amides is 2. The Kier molecular flexibility index (Phi) is 3.15. The highest BCUT2D eigenvalue weighted by Gasteiger charge is 2.58. The molecule has 1 aliphatic rings. The van der Waals surface area contributed by atoms with Crippen LogP contribution in [0, 0.1) is 5.82 Å². The number of hydrogen-bond donors (Lipinski definition) is 2. The molecular weight excluding hydrogens is 264 g/mol. The Balaban J connectivity index is 2.67. The summed E-state index contributed by atoms with van der Waals surface area (Å²) in [6.45, 7) is 1.57. The van der Waals surface area contributed by atoms with Crippen LogP contribution in [0.3, 0.4) is 0 Å². The van der Waals surface area contributed by atoms with Crippen molar-refractivity contribution in [3.8, 4) is 0 Å². The molecule has 0 radical (unpaired) electrons. The van der Waals surface area contributed by atoms with Crippen molar-refractivity contribution < 1.29 is 22.4 Å². The van der Waals surface area contributed by atoms with Crippen molar-refractivity contribution in [2.45, 2.75) is 31.5 Å². The lowest BCUT2D eigenvalue weighted by Gasteiger charge is -2.41. The minimum Gasteiger partial charge on any atom is -0.320 e. The van der Waals surface area contributed by atoms with Crippen molar-refractivity contribution in [2.75, 3.05) is 5.32 Å². The fraction of sp³-hybridized carbons (Fsp3) is 0.417. The lowest BCUT2D eigenvalue weighted by atomic mass is 9.82. The number of anilines is 1. The third-order valence-corrected chi connectivity index (χ3v) is 3.13. The smallest absolute Gasteiger partial charge is 0.320 e. The predicted molar refractivity (Wildman–Crippen MR) is 61.2 cm³/mol. The van der Waals surface area contributed by atoms with E-state index in [9.17, 15) is 22.4 Å². The zero-order chi connectivity index (χ0) is 14.3. The molecule has 0 fully saturated rings. The summed E-state index contributed by atoms with van der Waals surface area (Å²) in [6, 6.07) is 2.02. The molecule has 1 aliphatic heterocycles. The Hall–Kier alpha value is -1.79. The first-order chi connectivity index (χ1) is 8.80. The molecule has 7 heteroatoms. The highest BCUT2D eigenvalue weighted by atomic mass is 19.4. The second kappa shape index (κ2) is 4.40. The van der Waals surface area contributed by atoms with E-state index in [1.807, 2.05) is 5.32 Å². The molecule has 0 saturated heterocycles. The molecule has 1 unspecified atom stereocenters. The topological polar surface area (TPSA) is 41.1 Å². The minimum absolute atomic E-state index is 0.0177. The molecule has 1 atom stereocenters. The molecule has 19 heavy (non-hydrogen) atoms. The number of carbonyl (C=O) groups is 1. The fourth-order valence-electron chi connectivity index (χ4n) is 2.33. The lowest BCUT2D eigenvalue weighted by Crippen LogP contribution is -2.60. The number of urea groups is 1. The van der Waals surface area contributed by atoms with Gasteiger partial charge in [0.2, 0.25) is 0 Å². The maximum absolute atomic E-state index is 13.4. The molecule has 3 nitrogen and oxygen atoms in total. The second-order valence-electron chi connectivity index (χ2n) is 4.42. The van der Waals surface area contributed by atoms with E-state index in [1.54, 1.807) is 6.92 Å². The van der Waals surface area contributed by atoms with E-state index in [4.69, 9.17) is 0 Å². The average Bonchev–Trinajstić information content (AvgIpc) is 2.28. The summed E-state index contributed by atoms with van der Waals surface area (Å²) < 4.78 is 53.5. The monoisotopic (exact) mass is 276 g/mol. The summed E-state index contributed by atoms with van der Waals surface area (Å²) in [5, 5.41) is 4.17. The molecule has 2 rings (SSSR count). The molecule has 0 saturated carbocycles. The maximum atomic E-state index is 13.4. The number of nitrogens with one attached hydrogen (secondary N) is 2. The van der Waals surface area contributed by atoms with Gasteiger partial charge in [0.25, 0.3) is 0 Å². The van der Waals surface area contributed by atoms with E-state index in [2.05, 4.69) is 5.32 Å². The third kappa shape index (κ3) is 2.13. The van der Waals surface area contributed by atoms with Crippen LogP contribution in [0.15, 0.2) is 18.2 Å². The van der Waals surface area contributed by atoms with Gasteiger partial charge in [0.1, 0.15) is 5.82 Å². The molecule has 0 aliphatic carbocycles. The zero-order valence-electron chi connectivity index (χ0n) is 10.1. The Bertz CT molecular complexity index is 515. The van der Waals surface area contributed by atoms with Gasteiger partial charge < -0.3 is 10.6 Å². The Labute approximate surface area is 107 Å². The molecule has 0 bridgehead atoms. The van der Waals surface area contributed by atoms with E-state index < -0.39 is 23.6 Å². The van der Waals surface area contributed by atoms with Gasteiger partial charge in [0.15, 0.2) is 5.54 Å². The quantitative estimate of drug-likeness (QED) is 0.797. The molecule has 2 amide bonds. The molecular formula is C12H12F4N2O. The fourth-order valence-corrected chi connectivity index (χ4v) is 2.33. The first kappa shape index (κ1) is 13.6. The van der Waals surface area contributed by atoms with Crippen molar-refractivity contribution in [1.82, 2.24) is 5.32 Å². The summed E-state index contributed by atoms with van der Waals surface area (Å²) in [4.78, 5) is 11.4. The van der Waals surface area contributed by atoms with Crippen LogP contribution in [0.4, 0.5) is 28.0 Å². The number of alkyl halides is 3. The number of halogens is 4. The van der Waals surface area contributed by atoms with Crippen molar-refractivity contribution in [1.29, 1.82) is 0 Å². The van der Waals surface area contributed by atoms with Gasteiger partial charge in [0, 0.05) is 11.3 Å². The largest absolute Gasteiger partial charge is 0.415 e. The van der Waals surface area contributed by atoms with Crippen LogP contribution in [-0.2, 0) is 5.54 Å². The molecule has 0 spiro atoms. The summed E-state index contributed by atoms with van der Waals surface area (Å²) in [7, 11) is 0. The molecule has 1 aromatic rings. The SMILES string of the molecule is CCCC1(C(F)(F)F)NC(=O)Nc2ccc(F)cc21. The van der Waals surface area contributed by atoms with E-state index in [1.165, 1.54) is 0 Å². The normalized spacial score (nSPS) is 22.5. The zero-order valence-corrected chi connectivity index (χ0v) is 10.1. The lowest BCUT2D eigenvalue weighted by molar-refractivity contribution is -0.200. The standard InChI is InChI=1S/C12H12F4N2O/c1-2-5-11(12(14,15)16)8-6-7(13)3-4-9(8)17-10(19)18-11/h3-4,6H,2,5H2,1H3,(H2,17,18,19). The summed E-state index contributed by atoms with van der Waals surface area (Å²) >= 11 is 0. The highest BCUT2D eigenvalue weighted by molar-refractivity contribution is 5.94. The Morgan fingerprint density at radius 3 is 2.58 bits per heavy atom. The number of fused-ring (bicyclic) bond motifs is 1. The minimum atomic E-state index is -4.71. The first-order valence-electron chi connectivity index (χ1n) is 5.76. The van der Waals surface area contributed by atoms with Crippen molar-refractivity contribution >= 4 is 11.7 Å². The Morgan fingerprint density at radius 2 is 2.00 bits per heavy atom. The van der Waals surface area contributed by atoms with Crippen LogP contribution in [0.1, 0.15) is 25.3 Å². The second-order valence-corrected chi connectivity index (χ2v) is 4.42. The number of rotatable bonds is 2. The van der Waals surface area contributed by atoms with E-state index in [0.717, 1.165) is 18.2 Å². The summed E-state index contributed by atoms with van der Waals surface area (Å²) in [6.07, 6.45) is -4.86. The van der Waals surface area contributed by atoms with E-state index >= 15 is 0 Å². The average molecular weight is 276 g/mol. The van der Waals surface area contributed by atoms with Crippen molar-refractivity contribution in [3.63, 3.8) is 0 Å². The van der Waals surface area contributed by atoms with Gasteiger partial charge in [-0.15, -0.1) is 0 Å². The molecule has 1 aromatic carbocycles. The van der Waals surface area contributed by atoms with Crippen molar-refractivity contribution in [2.24, 2.45) is 0 Å². The van der Waals surface area contributed by atoms with Gasteiger partial charge in [-0.1, -0.05) is 13.3 Å². The Morgan fingerprint density at radius 1 is 1.32 bits per heavy atom. The van der Waals surface area contributed by atoms with Crippen LogP contribution in [0.2, 0.25) is 0 Å². The van der Waals surface area contributed by atoms with Crippen LogP contribution in [0.5, 0.6) is 0 Å². The van der Waals surface area contributed by atoms with Gasteiger partial charge in [-0.3, -0.25) is 0 Å². The van der Waals surface area contributed by atoms with Crippen LogP contribution in [-0.4, -0.2) is 12.2 Å². The van der Waals surface area contributed by atoms with E-state index in [0.29, 0.717) is 0 Å². The molecule has 104 valence electrons. The maximum Gasteiger partial charge on any atom is 0.415 e. The van der Waals surface area contributed by atoms with Gasteiger partial charge in [-0.2, -0.15) is 13.2 Å². The van der Waals surface area contributed by atoms with Gasteiger partial charge in [0.05, 0.1) is 0 Å². The number of benzene rings is 1. The molecule has 0 aromatic heterocycles. The first-order valence-corrected chi connectivity index (χ1v) is 5.76. The van der Waals surface area contributed by atoms with Crippen LogP contribution >= 0.6 is 0 Å². The van der Waals surface area contributed by atoms with Gasteiger partial charge >= 0.3 is 12.2 Å². The number of hydrogen-bond acceptors (Lipinski definition) is 1. The summed E-state index contributed by atoms with van der Waals surface area (Å²) in [5.41, 5.74) is -2.85. The van der Waals surface area contributed by atoms with Gasteiger partial charge in [-0.05, 0) is 24.6 Å². The summed E-state index contributed by atoms with van der Waals surface area (Å²) in [5.74, 6) is -0.776. The van der Waals surface area contributed by atoms with Crippen LogP contribution in [0.25, 0.3) is 0 Å². The van der Waals surface area contributed by atoms with Crippen molar-refractivity contribution in [3.05, 3.63) is 29.6 Å². The highest BCUT2D eigenvalue weighted by Crippen LogP contribution is 2.46. The number of carbonyl (C=O) groups excluding carboxylic acids is 1. The van der Waals surface area contributed by atoms with Gasteiger partial charge in [-0.25, -0.2) is 9.18 Å². The molecule has 2 N–H and O–H groups in total. The molecule has 1 heterocycles. The van der Waals surface area contributed by atoms with Crippen LogP contribution < -0.4 is 10.6 Å². The predicted octanol–water partition coefficient (Wildman–Crippen LogP) is 3.52.